The number of carboxylic acid groups (broad SMARTS) is 1. The number of unbranched alkanes of at least 4 members (excludes halogenated alkanes) is 24. The lowest BCUT2D eigenvalue weighted by Crippen LogP contribution is -2.34. The van der Waals surface area contributed by atoms with E-state index in [0.717, 1.165) is 64.2 Å². The van der Waals surface area contributed by atoms with Crippen LogP contribution in [0, 0.1) is 0 Å². The van der Waals surface area contributed by atoms with Crippen LogP contribution in [0.15, 0.2) is 36.5 Å². The number of hydrogen-bond donors (Lipinski definition) is 3. The summed E-state index contributed by atoms with van der Waals surface area (Å²) in [7, 11) is -4.72. The molecule has 4 N–H and O–H groups in total. The van der Waals surface area contributed by atoms with Crippen LogP contribution in [0.4, 0.5) is 0 Å². The first-order valence-corrected chi connectivity index (χ1v) is 25.0. The molecule has 0 amide bonds. The van der Waals surface area contributed by atoms with Crippen LogP contribution < -0.4 is 5.73 Å². The Balaban J connectivity index is 4.33. The van der Waals surface area contributed by atoms with Gasteiger partial charge in [0.2, 0.25) is 0 Å². The van der Waals surface area contributed by atoms with Crippen molar-refractivity contribution in [1.82, 2.24) is 0 Å². The summed E-state index contributed by atoms with van der Waals surface area (Å²) in [5.41, 5.74) is 5.34. The Bertz CT molecular complexity index is 1140. The second-order valence-electron chi connectivity index (χ2n) is 15.9. The van der Waals surface area contributed by atoms with E-state index in [-0.39, 0.29) is 19.4 Å². The van der Waals surface area contributed by atoms with E-state index in [2.05, 4.69) is 54.8 Å². The number of phosphoric ester groups is 1. The van der Waals surface area contributed by atoms with E-state index in [0.29, 0.717) is 12.8 Å². The van der Waals surface area contributed by atoms with E-state index in [1.807, 2.05) is 0 Å². The quantitative estimate of drug-likeness (QED) is 0.0230. The van der Waals surface area contributed by atoms with E-state index in [4.69, 9.17) is 24.8 Å². The fraction of sp³-hybridized carbons (Fsp3) is 0.809. The van der Waals surface area contributed by atoms with E-state index < -0.39 is 51.1 Å². The molecule has 0 aliphatic rings. The molecule has 12 heteroatoms. The van der Waals surface area contributed by atoms with Gasteiger partial charge in [-0.05, 0) is 51.4 Å². The Hall–Kier alpha value is -2.30. The summed E-state index contributed by atoms with van der Waals surface area (Å²) in [6.07, 6.45) is 46.3. The van der Waals surface area contributed by atoms with Crippen molar-refractivity contribution in [3.63, 3.8) is 0 Å². The Kier molecular flexibility index (Phi) is 40.7. The standard InChI is InChI=1S/C47H86NO10P/c1-3-5-7-9-11-13-15-17-19-21-23-24-26-28-30-32-34-36-38-45(49)55-40-43(41-56-59(53,54)57-42-44(48)47(51)52)58-46(50)39-37-35-33-31-29-27-25-22-20-18-16-14-12-10-8-6-4-2/h12,14,18,20,25,27,43-44H,3-11,13,15-17,19,21-24,26,28-42,48H2,1-2H3,(H,51,52)(H,53,54)/b14-12+,20-18+,27-25+/t43-,44+/m1/s1. The average molecular weight is 856 g/mol. The topological polar surface area (TPSA) is 172 Å². The van der Waals surface area contributed by atoms with Crippen molar-refractivity contribution in [3.8, 4) is 0 Å². The number of rotatable bonds is 44. The summed E-state index contributed by atoms with van der Waals surface area (Å²) in [4.78, 5) is 46.0. The first-order chi connectivity index (χ1) is 28.6. The van der Waals surface area contributed by atoms with Crippen molar-refractivity contribution in [2.75, 3.05) is 19.8 Å². The molecule has 0 aromatic rings. The Morgan fingerprint density at radius 3 is 1.37 bits per heavy atom. The van der Waals surface area contributed by atoms with Crippen LogP contribution in [-0.4, -0.2) is 59.9 Å². The highest BCUT2D eigenvalue weighted by molar-refractivity contribution is 7.47. The average Bonchev–Trinajstić information content (AvgIpc) is 3.21. The number of allylic oxidation sites excluding steroid dienone is 6. The minimum atomic E-state index is -4.72. The van der Waals surface area contributed by atoms with Gasteiger partial charge < -0.3 is 25.2 Å². The van der Waals surface area contributed by atoms with Crippen LogP contribution in [0.1, 0.15) is 213 Å². The highest BCUT2D eigenvalue weighted by Gasteiger charge is 2.28. The van der Waals surface area contributed by atoms with Crippen LogP contribution in [0.5, 0.6) is 0 Å². The molecule has 59 heavy (non-hydrogen) atoms. The summed E-state index contributed by atoms with van der Waals surface area (Å²) >= 11 is 0. The zero-order valence-electron chi connectivity index (χ0n) is 37.3. The van der Waals surface area contributed by atoms with Gasteiger partial charge in [-0.1, -0.05) is 185 Å². The molecule has 0 heterocycles. The molecular formula is C47H86NO10P. The number of phosphoric acid groups is 1. The minimum absolute atomic E-state index is 0.137. The van der Waals surface area contributed by atoms with Crippen molar-refractivity contribution >= 4 is 25.7 Å². The summed E-state index contributed by atoms with van der Waals surface area (Å²) in [5.74, 6) is -2.40. The summed E-state index contributed by atoms with van der Waals surface area (Å²) in [6.45, 7) is 2.78. The monoisotopic (exact) mass is 856 g/mol. The van der Waals surface area contributed by atoms with Gasteiger partial charge in [-0.15, -0.1) is 0 Å². The lowest BCUT2D eigenvalue weighted by atomic mass is 10.0. The second kappa shape index (κ2) is 42.4. The predicted molar refractivity (Wildman–Crippen MR) is 240 cm³/mol. The highest BCUT2D eigenvalue weighted by atomic mass is 31.2. The number of hydrogen-bond acceptors (Lipinski definition) is 9. The Morgan fingerprint density at radius 2 is 0.898 bits per heavy atom. The van der Waals surface area contributed by atoms with Crippen LogP contribution >= 0.6 is 7.82 Å². The zero-order chi connectivity index (χ0) is 43.5. The summed E-state index contributed by atoms with van der Waals surface area (Å²) in [5, 5.41) is 8.90. The van der Waals surface area contributed by atoms with Crippen molar-refractivity contribution in [2.45, 2.75) is 225 Å². The number of carbonyl (C=O) groups excluding carboxylic acids is 2. The molecule has 0 aliphatic heterocycles. The summed E-state index contributed by atoms with van der Waals surface area (Å²) < 4.78 is 32.7. The molecule has 0 saturated heterocycles. The fourth-order valence-electron chi connectivity index (χ4n) is 6.43. The van der Waals surface area contributed by atoms with Crippen LogP contribution in [-0.2, 0) is 37.5 Å². The zero-order valence-corrected chi connectivity index (χ0v) is 38.2. The normalized spacial score (nSPS) is 14.0. The second-order valence-corrected chi connectivity index (χ2v) is 17.3. The van der Waals surface area contributed by atoms with Gasteiger partial charge in [0.05, 0.1) is 13.2 Å². The van der Waals surface area contributed by atoms with Crippen molar-refractivity contribution < 1.29 is 47.5 Å². The summed E-state index contributed by atoms with van der Waals surface area (Å²) in [6, 6.07) is -1.52. The molecule has 344 valence electrons. The number of carbonyl (C=O) groups is 3. The molecule has 0 spiro atoms. The molecule has 0 fully saturated rings. The van der Waals surface area contributed by atoms with Gasteiger partial charge in [-0.25, -0.2) is 4.57 Å². The molecule has 0 bridgehead atoms. The third-order valence-electron chi connectivity index (χ3n) is 10.1. The van der Waals surface area contributed by atoms with Gasteiger partial charge in [0, 0.05) is 12.8 Å². The van der Waals surface area contributed by atoms with E-state index >= 15 is 0 Å². The largest absolute Gasteiger partial charge is 0.480 e. The van der Waals surface area contributed by atoms with Gasteiger partial charge >= 0.3 is 25.7 Å². The van der Waals surface area contributed by atoms with Gasteiger partial charge in [0.15, 0.2) is 6.10 Å². The molecule has 0 saturated carbocycles. The first kappa shape index (κ1) is 56.7. The van der Waals surface area contributed by atoms with E-state index in [1.54, 1.807) is 0 Å². The Labute approximate surface area is 359 Å². The molecule has 0 aliphatic carbocycles. The number of aliphatic carboxylic acids is 1. The molecule has 11 nitrogen and oxygen atoms in total. The van der Waals surface area contributed by atoms with Crippen LogP contribution in [0.3, 0.4) is 0 Å². The molecule has 3 atom stereocenters. The maximum absolute atomic E-state index is 12.6. The number of esters is 2. The van der Waals surface area contributed by atoms with E-state index in [1.165, 1.54) is 109 Å². The molecule has 0 aromatic carbocycles. The molecule has 1 unspecified atom stereocenters. The minimum Gasteiger partial charge on any atom is -0.480 e. The number of ether oxygens (including phenoxy) is 2. The maximum Gasteiger partial charge on any atom is 0.472 e. The first-order valence-electron chi connectivity index (χ1n) is 23.5. The van der Waals surface area contributed by atoms with Crippen molar-refractivity contribution in [1.29, 1.82) is 0 Å². The van der Waals surface area contributed by atoms with Gasteiger partial charge in [0.25, 0.3) is 0 Å². The van der Waals surface area contributed by atoms with Crippen LogP contribution in [0.2, 0.25) is 0 Å². The molecule has 0 aromatic heterocycles. The lowest BCUT2D eigenvalue weighted by Gasteiger charge is -2.20. The third-order valence-corrected chi connectivity index (χ3v) is 11.1. The molecule has 0 rings (SSSR count). The third kappa shape index (κ3) is 42.2. The smallest absolute Gasteiger partial charge is 0.472 e. The fourth-order valence-corrected chi connectivity index (χ4v) is 7.20. The van der Waals surface area contributed by atoms with Crippen LogP contribution in [0.25, 0.3) is 0 Å². The number of carboxylic acids is 1. The van der Waals surface area contributed by atoms with Gasteiger partial charge in [-0.3, -0.25) is 23.4 Å². The van der Waals surface area contributed by atoms with Gasteiger partial charge in [-0.2, -0.15) is 0 Å². The lowest BCUT2D eigenvalue weighted by molar-refractivity contribution is -0.161. The van der Waals surface area contributed by atoms with Gasteiger partial charge in [0.1, 0.15) is 12.6 Å². The molecule has 0 radical (unpaired) electrons. The molecular weight excluding hydrogens is 769 g/mol. The predicted octanol–water partition coefficient (Wildman–Crippen LogP) is 12.8. The van der Waals surface area contributed by atoms with E-state index in [9.17, 15) is 23.8 Å². The van der Waals surface area contributed by atoms with Crippen molar-refractivity contribution in [2.24, 2.45) is 5.73 Å². The Morgan fingerprint density at radius 1 is 0.525 bits per heavy atom. The van der Waals surface area contributed by atoms with Crippen molar-refractivity contribution in [3.05, 3.63) is 36.5 Å². The SMILES string of the molecule is CCCCC/C=C/C/C=C/C/C=C/CCCCCCC(=O)O[C@H](COC(=O)CCCCCCCCCCCCCCCCCCCC)COP(=O)(O)OC[C@H](N)C(=O)O. The highest BCUT2D eigenvalue weighted by Crippen LogP contribution is 2.43. The number of nitrogens with two attached hydrogens (primary N) is 1. The maximum atomic E-state index is 12.6.